The van der Waals surface area contributed by atoms with Crippen LogP contribution in [0.5, 0.6) is 0 Å². The molecule has 2 nitrogen and oxygen atoms in total. The van der Waals surface area contributed by atoms with Crippen molar-refractivity contribution in [2.45, 2.75) is 67.2 Å². The van der Waals surface area contributed by atoms with E-state index in [1.807, 2.05) is 24.3 Å². The highest BCUT2D eigenvalue weighted by atomic mass is 14.5. The Hall–Kier alpha value is -7.26. The lowest BCUT2D eigenvalue weighted by Crippen LogP contribution is -2.26. The maximum atomic E-state index is 9.68. The topological polar surface area (TPSA) is 47.6 Å². The van der Waals surface area contributed by atoms with E-state index in [1.54, 1.807) is 0 Å². The predicted octanol–water partition coefficient (Wildman–Crippen LogP) is 14.9. The average molecular weight is 803 g/mol. The summed E-state index contributed by atoms with van der Waals surface area (Å²) in [5, 5.41) is 19.4. The molecule has 0 aromatic heterocycles. The van der Waals surface area contributed by atoms with Crippen LogP contribution < -0.4 is 0 Å². The van der Waals surface area contributed by atoms with Gasteiger partial charge < -0.3 is 0 Å². The number of nitrogens with zero attached hydrogens (tertiary/aromatic N) is 2. The van der Waals surface area contributed by atoms with Crippen LogP contribution in [0, 0.1) is 78.1 Å². The van der Waals surface area contributed by atoms with Crippen LogP contribution in [0.25, 0.3) is 22.3 Å². The van der Waals surface area contributed by atoms with E-state index < -0.39 is 5.41 Å². The second-order valence-electron chi connectivity index (χ2n) is 17.0. The van der Waals surface area contributed by atoms with Crippen LogP contribution >= 0.6 is 0 Å². The third-order valence-corrected chi connectivity index (χ3v) is 11.9. The summed E-state index contributed by atoms with van der Waals surface area (Å²) in [5.74, 6) is 0. The lowest BCUT2D eigenvalue weighted by atomic mass is 9.69. The molecule has 2 aliphatic rings. The smallest absolute Gasteiger partial charge is 0.0991 e. The van der Waals surface area contributed by atoms with E-state index in [1.165, 1.54) is 77.9 Å². The molecular weight excluding hydrogens is 749 g/mol. The number of aryl methyl sites for hydroxylation is 8. The van der Waals surface area contributed by atoms with Crippen molar-refractivity contribution < 1.29 is 0 Å². The second kappa shape index (κ2) is 18.6. The fraction of sp³-hybridized carbons (Fsp3) is 0.167. The van der Waals surface area contributed by atoms with Crippen LogP contribution in [-0.2, 0) is 11.8 Å². The second-order valence-corrected chi connectivity index (χ2v) is 17.0. The van der Waals surface area contributed by atoms with Crippen LogP contribution in [0.15, 0.2) is 170 Å². The monoisotopic (exact) mass is 802 g/mol. The Morgan fingerprint density at radius 3 is 0.839 bits per heavy atom. The molecule has 62 heavy (non-hydrogen) atoms. The molecule has 2 heteroatoms. The van der Waals surface area contributed by atoms with Gasteiger partial charge in [-0.05, 0) is 142 Å². The molecule has 10 rings (SSSR count). The van der Waals surface area contributed by atoms with Gasteiger partial charge in [0.25, 0.3) is 0 Å². The van der Waals surface area contributed by atoms with E-state index in [0.29, 0.717) is 11.1 Å². The Balaban J connectivity index is 0.000000153. The van der Waals surface area contributed by atoms with E-state index in [4.69, 9.17) is 0 Å². The van der Waals surface area contributed by atoms with Gasteiger partial charge in [-0.3, -0.25) is 0 Å². The molecule has 0 radical (unpaired) electrons. The molecule has 0 heterocycles. The minimum absolute atomic E-state index is 0.521. The van der Waals surface area contributed by atoms with Crippen molar-refractivity contribution in [3.8, 4) is 34.4 Å². The average Bonchev–Trinajstić information content (AvgIpc) is 3.73. The van der Waals surface area contributed by atoms with Gasteiger partial charge in [0, 0.05) is 0 Å². The summed E-state index contributed by atoms with van der Waals surface area (Å²) in [4.78, 5) is 0. The molecule has 0 amide bonds. The van der Waals surface area contributed by atoms with E-state index >= 15 is 0 Å². The van der Waals surface area contributed by atoms with Gasteiger partial charge in [0.1, 0.15) is 0 Å². The normalized spacial score (nSPS) is 11.7. The highest BCUT2D eigenvalue weighted by molar-refractivity contribution is 5.95. The Labute approximate surface area is 369 Å². The molecule has 8 aromatic rings. The summed E-state index contributed by atoms with van der Waals surface area (Å²) in [7, 11) is 0. The van der Waals surface area contributed by atoms with Crippen LogP contribution in [0.1, 0.15) is 89.0 Å². The van der Waals surface area contributed by atoms with Crippen molar-refractivity contribution in [1.29, 1.82) is 10.5 Å². The molecule has 0 atom stereocenters. The van der Waals surface area contributed by atoms with E-state index in [0.717, 1.165) is 28.7 Å². The fourth-order valence-electron chi connectivity index (χ4n) is 8.52. The molecule has 8 aromatic carbocycles. The lowest BCUT2D eigenvalue weighted by molar-refractivity contribution is 0.790. The number of nitriles is 2. The first-order valence-electron chi connectivity index (χ1n) is 21.4. The summed E-state index contributed by atoms with van der Waals surface area (Å²) in [6.07, 6.45) is 1.03. The van der Waals surface area contributed by atoms with Gasteiger partial charge in [-0.25, -0.2) is 0 Å². The van der Waals surface area contributed by atoms with Crippen LogP contribution in [0.4, 0.5) is 0 Å². The summed E-state index contributed by atoms with van der Waals surface area (Å²) >= 11 is 0. The number of hydrogen-bond donors (Lipinski definition) is 0. The largest absolute Gasteiger partial charge is 0.192 e. The van der Waals surface area contributed by atoms with Crippen LogP contribution in [-0.4, -0.2) is 0 Å². The lowest BCUT2D eigenvalue weighted by Gasteiger charge is -2.31. The van der Waals surface area contributed by atoms with Crippen LogP contribution in [0.2, 0.25) is 0 Å². The minimum atomic E-state index is -0.521. The van der Waals surface area contributed by atoms with Gasteiger partial charge in [0.15, 0.2) is 0 Å². The molecule has 0 N–H and O–H groups in total. The zero-order valence-electron chi connectivity index (χ0n) is 37.3. The number of benzene rings is 8. The van der Waals surface area contributed by atoms with Crippen molar-refractivity contribution in [2.24, 2.45) is 0 Å². The molecular formula is C60H54N2. The van der Waals surface area contributed by atoms with E-state index in [2.05, 4.69) is 213 Å². The first-order valence-corrected chi connectivity index (χ1v) is 21.4. The standard InChI is InChI=1S/C29H18N2.C15H16.2C8H10/c1-17-3-7-21-22-8-4-18(2)12-26(22)29(25(21)11-17)27-13-19(15-30)5-9-23(27)24-10-6-20(16-31)14-28(24)29;1-12-3-7-14(8-4-12)11-15-9-5-13(2)6-10-15;2*1-7-3-5-8(2)6-4-7/h3-14H,1-2H3;3-10H,11H2,1-2H3;2*3-6H,1-2H3. The number of rotatable bonds is 2. The fourth-order valence-corrected chi connectivity index (χ4v) is 8.52. The maximum Gasteiger partial charge on any atom is 0.0991 e. The van der Waals surface area contributed by atoms with E-state index in [9.17, 15) is 10.5 Å². The highest BCUT2D eigenvalue weighted by Gasteiger charge is 2.52. The quantitative estimate of drug-likeness (QED) is 0.175. The molecule has 2 aliphatic carbocycles. The molecule has 0 unspecified atom stereocenters. The SMILES string of the molecule is Cc1ccc(C)cc1.Cc1ccc(C)cc1.Cc1ccc(Cc2ccc(C)cc2)cc1.Cc1ccc2c(c1)C1(c3cc(C)ccc3-2)c2cc(C#N)ccc2-c2ccc(C#N)cc21. The van der Waals surface area contributed by atoms with Crippen LogP contribution in [0.3, 0.4) is 0 Å². The summed E-state index contributed by atoms with van der Waals surface area (Å²) in [6.45, 7) is 16.9. The number of hydrogen-bond acceptors (Lipinski definition) is 2. The first-order chi connectivity index (χ1) is 29.9. The molecule has 1 spiro atoms. The van der Waals surface area contributed by atoms with Gasteiger partial charge in [-0.15, -0.1) is 0 Å². The Morgan fingerprint density at radius 2 is 0.548 bits per heavy atom. The molecule has 0 aliphatic heterocycles. The van der Waals surface area contributed by atoms with E-state index in [-0.39, 0.29) is 0 Å². The third-order valence-electron chi connectivity index (χ3n) is 11.9. The van der Waals surface area contributed by atoms with Gasteiger partial charge in [-0.2, -0.15) is 10.5 Å². The maximum absolute atomic E-state index is 9.68. The minimum Gasteiger partial charge on any atom is -0.192 e. The molecule has 0 bridgehead atoms. The first kappa shape index (κ1) is 42.8. The van der Waals surface area contributed by atoms with Gasteiger partial charge >= 0.3 is 0 Å². The molecule has 0 saturated carbocycles. The van der Waals surface area contributed by atoms with Crippen molar-refractivity contribution in [1.82, 2.24) is 0 Å². The Kier molecular flexibility index (Phi) is 12.8. The third kappa shape index (κ3) is 9.07. The van der Waals surface area contributed by atoms with Gasteiger partial charge in [0.05, 0.1) is 28.7 Å². The molecule has 304 valence electrons. The highest BCUT2D eigenvalue weighted by Crippen LogP contribution is 2.63. The Bertz CT molecular complexity index is 2690. The summed E-state index contributed by atoms with van der Waals surface area (Å²) in [6, 6.07) is 64.4. The molecule has 0 fully saturated rings. The zero-order valence-corrected chi connectivity index (χ0v) is 37.3. The van der Waals surface area contributed by atoms with Gasteiger partial charge in [0.2, 0.25) is 0 Å². The van der Waals surface area contributed by atoms with Crippen molar-refractivity contribution in [2.75, 3.05) is 0 Å². The van der Waals surface area contributed by atoms with Crippen molar-refractivity contribution in [3.63, 3.8) is 0 Å². The summed E-state index contributed by atoms with van der Waals surface area (Å²) < 4.78 is 0. The predicted molar refractivity (Wildman–Crippen MR) is 259 cm³/mol. The van der Waals surface area contributed by atoms with Crippen molar-refractivity contribution in [3.05, 3.63) is 259 Å². The zero-order chi connectivity index (χ0) is 44.0. The number of fused-ring (bicyclic) bond motifs is 10. The van der Waals surface area contributed by atoms with Crippen molar-refractivity contribution >= 4 is 0 Å². The molecule has 0 saturated heterocycles. The Morgan fingerprint density at radius 1 is 0.306 bits per heavy atom. The summed E-state index contributed by atoms with van der Waals surface area (Å²) in [5.41, 5.74) is 23.4. The van der Waals surface area contributed by atoms with Gasteiger partial charge in [-0.1, -0.05) is 190 Å².